The van der Waals surface area contributed by atoms with Gasteiger partial charge >= 0.3 is 5.97 Å². The summed E-state index contributed by atoms with van der Waals surface area (Å²) in [7, 11) is 0.255. The Kier molecular flexibility index (Phi) is 16.7. The fourth-order valence-electron chi connectivity index (χ4n) is 6.09. The zero-order valence-corrected chi connectivity index (χ0v) is 27.3. The average Bonchev–Trinajstić information content (AvgIpc) is 3.29. The van der Waals surface area contributed by atoms with Gasteiger partial charge in [-0.25, -0.2) is 0 Å². The van der Waals surface area contributed by atoms with Crippen molar-refractivity contribution in [3.63, 3.8) is 0 Å². The largest absolute Gasteiger partial charge is 0.456 e. The first-order valence-electron chi connectivity index (χ1n) is 15.7. The Morgan fingerprint density at radius 1 is 1.05 bits per heavy atom. The first-order valence-corrected chi connectivity index (χ1v) is 17.7. The van der Waals surface area contributed by atoms with Gasteiger partial charge in [-0.15, -0.1) is 11.6 Å². The molecule has 0 aromatic heterocycles. The minimum atomic E-state index is -1.66. The molecule has 1 amide bonds. The molecule has 10 atom stereocenters. The number of carbonyl (C=O) groups excluding carboxylic acids is 2. The number of likely N-dealkylation sites (N-methyl/N-ethyl adjacent to an activating group) is 1. The van der Waals surface area contributed by atoms with Gasteiger partial charge < -0.3 is 25.0 Å². The molecule has 0 spiro atoms. The summed E-state index contributed by atoms with van der Waals surface area (Å²) in [6.45, 7) is 6.83. The number of rotatable bonds is 18. The Morgan fingerprint density at radius 3 is 2.22 bits per heavy atom. The lowest BCUT2D eigenvalue weighted by atomic mass is 9.92. The van der Waals surface area contributed by atoms with Crippen LogP contribution in [-0.2, 0) is 29.9 Å². The highest BCUT2D eigenvalue weighted by molar-refractivity contribution is 7.84. The fourth-order valence-corrected chi connectivity index (χ4v) is 7.18. The van der Waals surface area contributed by atoms with Gasteiger partial charge in [0.15, 0.2) is 11.5 Å². The third-order valence-electron chi connectivity index (χ3n) is 8.45. The number of ether oxygens (including phenoxy) is 2. The number of likely N-dealkylation sites (tertiary alicyclic amines) is 1. The van der Waals surface area contributed by atoms with Crippen molar-refractivity contribution in [2.45, 2.75) is 152 Å². The standard InChI is InChI=1S/C30H55ClN2O7S/c1-6-8-9-10-11-12-13-14-15-17-23(34)39-28-26(36)25(35)27(40-30(28)41(5)38)24(20(3)31)32-29(37)22-18-21(16-7-2)19-33(22)4/h20-22,24-28,30,35-36H,6-19H2,1-5H3,(H,32,37). The van der Waals surface area contributed by atoms with Crippen molar-refractivity contribution in [3.05, 3.63) is 0 Å². The van der Waals surface area contributed by atoms with Crippen molar-refractivity contribution in [1.29, 1.82) is 0 Å². The lowest BCUT2D eigenvalue weighted by molar-refractivity contribution is -0.219. The van der Waals surface area contributed by atoms with E-state index in [1.165, 1.54) is 38.4 Å². The molecular formula is C30H55ClN2O7S. The van der Waals surface area contributed by atoms with Crippen LogP contribution in [0.5, 0.6) is 0 Å². The van der Waals surface area contributed by atoms with Gasteiger partial charge in [-0.1, -0.05) is 71.6 Å². The molecule has 2 aliphatic rings. The normalized spacial score (nSPS) is 31.0. The van der Waals surface area contributed by atoms with Gasteiger partial charge in [-0.2, -0.15) is 0 Å². The number of halogens is 1. The predicted octanol–water partition coefficient (Wildman–Crippen LogP) is 3.88. The number of carbonyl (C=O) groups is 2. The van der Waals surface area contributed by atoms with Crippen molar-refractivity contribution in [2.24, 2.45) is 5.92 Å². The maximum absolute atomic E-state index is 13.3. The Morgan fingerprint density at radius 2 is 1.66 bits per heavy atom. The fraction of sp³-hybridized carbons (Fsp3) is 0.933. The molecule has 0 aromatic carbocycles. The number of aliphatic hydroxyl groups is 2. The molecule has 2 rings (SSSR count). The van der Waals surface area contributed by atoms with Crippen molar-refractivity contribution >= 4 is 34.3 Å². The summed E-state index contributed by atoms with van der Waals surface area (Å²) >= 11 is 6.47. The number of esters is 1. The minimum Gasteiger partial charge on any atom is -0.456 e. The summed E-state index contributed by atoms with van der Waals surface area (Å²) in [5.41, 5.74) is -1.18. The van der Waals surface area contributed by atoms with Gasteiger partial charge in [0.25, 0.3) is 0 Å². The highest BCUT2D eigenvalue weighted by Gasteiger charge is 2.52. The number of hydrogen-bond donors (Lipinski definition) is 3. The number of nitrogens with zero attached hydrogens (tertiary/aromatic N) is 1. The number of alkyl halides is 1. The highest BCUT2D eigenvalue weighted by atomic mass is 35.5. The third kappa shape index (κ3) is 11.3. The minimum absolute atomic E-state index is 0.174. The summed E-state index contributed by atoms with van der Waals surface area (Å²) in [4.78, 5) is 27.9. The Hall–Kier alpha value is -0.780. The van der Waals surface area contributed by atoms with Crippen molar-refractivity contribution < 1.29 is 33.5 Å². The zero-order valence-electron chi connectivity index (χ0n) is 25.8. The summed E-state index contributed by atoms with van der Waals surface area (Å²) in [6.07, 6.45) is 8.90. The average molecular weight is 623 g/mol. The van der Waals surface area contributed by atoms with Gasteiger partial charge in [-0.3, -0.25) is 18.7 Å². The quantitative estimate of drug-likeness (QED) is 0.119. The second kappa shape index (κ2) is 18.8. The zero-order chi connectivity index (χ0) is 30.5. The van der Waals surface area contributed by atoms with Crippen molar-refractivity contribution in [2.75, 3.05) is 19.8 Å². The van der Waals surface area contributed by atoms with Crippen molar-refractivity contribution in [3.8, 4) is 0 Å². The van der Waals surface area contributed by atoms with E-state index in [1.54, 1.807) is 6.92 Å². The van der Waals surface area contributed by atoms with Crippen LogP contribution < -0.4 is 5.32 Å². The number of aliphatic hydroxyl groups excluding tert-OH is 2. The monoisotopic (exact) mass is 622 g/mol. The number of hydrogen-bond acceptors (Lipinski definition) is 8. The van der Waals surface area contributed by atoms with Crippen LogP contribution in [0.1, 0.15) is 104 Å². The van der Waals surface area contributed by atoms with E-state index >= 15 is 0 Å². The summed E-state index contributed by atoms with van der Waals surface area (Å²) in [5, 5.41) is 24.3. The van der Waals surface area contributed by atoms with Gasteiger partial charge in [0.1, 0.15) is 18.3 Å². The third-order valence-corrected chi connectivity index (χ3v) is 9.76. The van der Waals surface area contributed by atoms with E-state index in [2.05, 4.69) is 19.2 Å². The van der Waals surface area contributed by atoms with Crippen LogP contribution in [0.2, 0.25) is 0 Å². The second-order valence-electron chi connectivity index (χ2n) is 12.0. The molecule has 9 nitrogen and oxygen atoms in total. The van der Waals surface area contributed by atoms with E-state index in [0.29, 0.717) is 12.3 Å². The number of amides is 1. The van der Waals surface area contributed by atoms with E-state index in [1.807, 2.05) is 11.9 Å². The number of unbranched alkanes of at least 4 members (excludes halogenated alkanes) is 8. The summed E-state index contributed by atoms with van der Waals surface area (Å²) in [6, 6.07) is -1.20. The molecule has 10 unspecified atom stereocenters. The Balaban J connectivity index is 1.95. The molecule has 0 aliphatic carbocycles. The molecule has 0 bridgehead atoms. The van der Waals surface area contributed by atoms with Crippen LogP contribution in [0.4, 0.5) is 0 Å². The molecule has 3 N–H and O–H groups in total. The van der Waals surface area contributed by atoms with Crippen molar-refractivity contribution in [1.82, 2.24) is 10.2 Å². The molecule has 2 heterocycles. The molecule has 0 aromatic rings. The second-order valence-corrected chi connectivity index (χ2v) is 14.2. The first-order chi connectivity index (χ1) is 19.5. The van der Waals surface area contributed by atoms with Crippen LogP contribution >= 0.6 is 11.6 Å². The SMILES string of the molecule is CCCCCCCCCCCC(=O)OC1C(O)C(O)C(C(NC(=O)C2CC(CCC)CN2C)C(C)Cl)OC1S(C)=O. The summed E-state index contributed by atoms with van der Waals surface area (Å²) < 4.78 is 24.2. The smallest absolute Gasteiger partial charge is 0.306 e. The topological polar surface area (TPSA) is 125 Å². The molecule has 2 aliphatic heterocycles. The van der Waals surface area contributed by atoms with Gasteiger partial charge in [-0.05, 0) is 39.2 Å². The highest BCUT2D eigenvalue weighted by Crippen LogP contribution is 2.31. The van der Waals surface area contributed by atoms with E-state index < -0.39 is 58.0 Å². The van der Waals surface area contributed by atoms with Crippen LogP contribution in [0, 0.1) is 5.92 Å². The Bertz CT molecular complexity index is 820. The van der Waals surface area contributed by atoms with Crippen LogP contribution in [0.25, 0.3) is 0 Å². The van der Waals surface area contributed by atoms with E-state index in [9.17, 15) is 24.0 Å². The Labute approximate surface area is 254 Å². The lowest BCUT2D eigenvalue weighted by Crippen LogP contribution is -2.66. The molecule has 2 saturated heterocycles. The summed E-state index contributed by atoms with van der Waals surface area (Å²) in [5.74, 6) is -0.315. The molecule has 0 radical (unpaired) electrons. The molecule has 240 valence electrons. The molecular weight excluding hydrogens is 568 g/mol. The van der Waals surface area contributed by atoms with Gasteiger partial charge in [0.2, 0.25) is 5.91 Å². The van der Waals surface area contributed by atoms with Gasteiger partial charge in [0, 0.05) is 19.2 Å². The van der Waals surface area contributed by atoms with Crippen LogP contribution in [0.3, 0.4) is 0 Å². The van der Waals surface area contributed by atoms with E-state index in [0.717, 1.165) is 45.1 Å². The van der Waals surface area contributed by atoms with E-state index in [-0.39, 0.29) is 18.4 Å². The molecule has 11 heteroatoms. The lowest BCUT2D eigenvalue weighted by Gasteiger charge is -2.45. The maximum atomic E-state index is 13.3. The number of nitrogens with one attached hydrogen (secondary N) is 1. The molecule has 41 heavy (non-hydrogen) atoms. The van der Waals surface area contributed by atoms with Crippen LogP contribution in [-0.4, -0.2) is 98.4 Å². The first kappa shape index (κ1) is 36.4. The maximum Gasteiger partial charge on any atom is 0.306 e. The molecule has 2 fully saturated rings. The van der Waals surface area contributed by atoms with E-state index in [4.69, 9.17) is 21.1 Å². The predicted molar refractivity (Wildman–Crippen MR) is 163 cm³/mol. The van der Waals surface area contributed by atoms with Crippen LogP contribution in [0.15, 0.2) is 0 Å². The molecule has 0 saturated carbocycles. The van der Waals surface area contributed by atoms with Gasteiger partial charge in [0.05, 0.1) is 28.3 Å².